The first-order chi connectivity index (χ1) is 10.0. The lowest BCUT2D eigenvalue weighted by Gasteiger charge is -2.11. The van der Waals surface area contributed by atoms with Gasteiger partial charge in [0.05, 0.1) is 20.7 Å². The number of halogens is 2. The number of nitrogens with one attached hydrogen (secondary N) is 1. The van der Waals surface area contributed by atoms with E-state index in [0.29, 0.717) is 27.0 Å². The lowest BCUT2D eigenvalue weighted by Crippen LogP contribution is -2.10. The number of ether oxygens (including phenoxy) is 1. The fourth-order valence-electron chi connectivity index (χ4n) is 1.68. The molecule has 0 atom stereocenters. The standard InChI is InChI=1S/C13H11Cl2N3O3/c14-11-3-2-10(6-12(11)15)21-7-8-5-9(18(19)20)1-4-13(8)17-16/h1-6,17H,7,16H2. The van der Waals surface area contributed by atoms with Crippen molar-refractivity contribution < 1.29 is 9.66 Å². The van der Waals surface area contributed by atoms with Gasteiger partial charge in [0, 0.05) is 23.8 Å². The Morgan fingerprint density at radius 2 is 1.95 bits per heavy atom. The Balaban J connectivity index is 2.19. The second-order valence-electron chi connectivity index (χ2n) is 4.11. The van der Waals surface area contributed by atoms with Crippen LogP contribution in [0.5, 0.6) is 5.75 Å². The molecule has 0 heterocycles. The minimum Gasteiger partial charge on any atom is -0.489 e. The summed E-state index contributed by atoms with van der Waals surface area (Å²) in [7, 11) is 0. The molecule has 0 fully saturated rings. The lowest BCUT2D eigenvalue weighted by molar-refractivity contribution is -0.384. The quantitative estimate of drug-likeness (QED) is 0.495. The van der Waals surface area contributed by atoms with Gasteiger partial charge in [-0.3, -0.25) is 16.0 Å². The summed E-state index contributed by atoms with van der Waals surface area (Å²) < 4.78 is 5.54. The van der Waals surface area contributed by atoms with E-state index in [1.54, 1.807) is 18.2 Å². The van der Waals surface area contributed by atoms with Crippen molar-refractivity contribution in [2.45, 2.75) is 6.61 Å². The molecule has 2 rings (SSSR count). The van der Waals surface area contributed by atoms with Gasteiger partial charge in [-0.1, -0.05) is 23.2 Å². The van der Waals surface area contributed by atoms with Gasteiger partial charge in [-0.25, -0.2) is 0 Å². The van der Waals surface area contributed by atoms with E-state index in [9.17, 15) is 10.1 Å². The van der Waals surface area contributed by atoms with Gasteiger partial charge in [0.15, 0.2) is 0 Å². The Morgan fingerprint density at radius 1 is 1.19 bits per heavy atom. The van der Waals surface area contributed by atoms with E-state index in [1.807, 2.05) is 0 Å². The Bertz CT molecular complexity index is 680. The molecule has 0 bridgehead atoms. The molecule has 0 amide bonds. The third kappa shape index (κ3) is 3.75. The maximum atomic E-state index is 10.8. The number of benzene rings is 2. The molecule has 110 valence electrons. The van der Waals surface area contributed by atoms with Crippen LogP contribution in [0.4, 0.5) is 11.4 Å². The highest BCUT2D eigenvalue weighted by molar-refractivity contribution is 6.42. The monoisotopic (exact) mass is 327 g/mol. The first kappa shape index (κ1) is 15.4. The molecule has 0 aliphatic carbocycles. The second-order valence-corrected chi connectivity index (χ2v) is 4.92. The minimum absolute atomic E-state index is 0.0401. The Kier molecular flexibility index (Phi) is 4.85. The number of nitrogens with zero attached hydrogens (tertiary/aromatic N) is 1. The van der Waals surface area contributed by atoms with Crippen molar-refractivity contribution in [3.8, 4) is 5.75 Å². The number of nitro groups is 1. The van der Waals surface area contributed by atoms with E-state index in [0.717, 1.165) is 0 Å². The largest absolute Gasteiger partial charge is 0.489 e. The summed E-state index contributed by atoms with van der Waals surface area (Å²) in [5.74, 6) is 5.87. The number of nitro benzene ring substituents is 1. The van der Waals surface area contributed by atoms with Crippen LogP contribution in [0.15, 0.2) is 36.4 Å². The average molecular weight is 328 g/mol. The fraction of sp³-hybridized carbons (Fsp3) is 0.0769. The van der Waals surface area contributed by atoms with E-state index in [2.05, 4.69) is 5.43 Å². The molecule has 2 aromatic carbocycles. The predicted octanol–water partition coefficient (Wildman–Crippen LogP) is 3.77. The van der Waals surface area contributed by atoms with Crippen LogP contribution in [0.2, 0.25) is 10.0 Å². The van der Waals surface area contributed by atoms with Crippen LogP contribution in [0.25, 0.3) is 0 Å². The summed E-state index contributed by atoms with van der Waals surface area (Å²) in [5, 5.41) is 11.6. The third-order valence-electron chi connectivity index (χ3n) is 2.74. The number of rotatable bonds is 5. The Hall–Kier alpha value is -2.02. The maximum absolute atomic E-state index is 10.8. The van der Waals surface area contributed by atoms with Crippen molar-refractivity contribution in [2.24, 2.45) is 5.84 Å². The van der Waals surface area contributed by atoms with Crippen LogP contribution in [0.3, 0.4) is 0 Å². The molecule has 8 heteroatoms. The summed E-state index contributed by atoms with van der Waals surface area (Å²) in [5.41, 5.74) is 3.52. The van der Waals surface area contributed by atoms with Crippen LogP contribution < -0.4 is 16.0 Å². The van der Waals surface area contributed by atoms with Crippen LogP contribution in [-0.2, 0) is 6.61 Å². The van der Waals surface area contributed by atoms with Crippen LogP contribution in [0.1, 0.15) is 5.56 Å². The molecule has 0 radical (unpaired) electrons. The van der Waals surface area contributed by atoms with Crippen LogP contribution >= 0.6 is 23.2 Å². The van der Waals surface area contributed by atoms with E-state index in [-0.39, 0.29) is 12.3 Å². The summed E-state index contributed by atoms with van der Waals surface area (Å²) in [4.78, 5) is 10.3. The molecule has 0 spiro atoms. The first-order valence-electron chi connectivity index (χ1n) is 5.83. The maximum Gasteiger partial charge on any atom is 0.269 e. The zero-order chi connectivity index (χ0) is 15.4. The molecule has 0 saturated heterocycles. The van der Waals surface area contributed by atoms with Gasteiger partial charge >= 0.3 is 0 Å². The van der Waals surface area contributed by atoms with Gasteiger partial charge in [0.1, 0.15) is 12.4 Å². The first-order valence-corrected chi connectivity index (χ1v) is 6.58. The van der Waals surface area contributed by atoms with Crippen LogP contribution in [0, 0.1) is 10.1 Å². The summed E-state index contributed by atoms with van der Waals surface area (Å²) in [6.45, 7) is 0.0964. The van der Waals surface area contributed by atoms with Gasteiger partial charge in [0.25, 0.3) is 5.69 Å². The third-order valence-corrected chi connectivity index (χ3v) is 3.48. The van der Waals surface area contributed by atoms with Crippen molar-refractivity contribution in [3.05, 3.63) is 62.1 Å². The molecule has 2 aromatic rings. The topological polar surface area (TPSA) is 90.4 Å². The average Bonchev–Trinajstić information content (AvgIpc) is 2.48. The number of hydrogen-bond acceptors (Lipinski definition) is 5. The number of nitrogens with two attached hydrogens (primary N) is 1. The summed E-state index contributed by atoms with van der Waals surface area (Å²) in [6.07, 6.45) is 0. The molecule has 0 aromatic heterocycles. The molecule has 0 aliphatic heterocycles. The minimum atomic E-state index is -0.483. The SMILES string of the molecule is NNc1ccc([N+](=O)[O-])cc1COc1ccc(Cl)c(Cl)c1. The molecule has 0 aliphatic rings. The van der Waals surface area contributed by atoms with Crippen molar-refractivity contribution in [3.63, 3.8) is 0 Å². The fourth-order valence-corrected chi connectivity index (χ4v) is 1.97. The number of hydrogen-bond donors (Lipinski definition) is 2. The highest BCUT2D eigenvalue weighted by Crippen LogP contribution is 2.28. The number of non-ortho nitro benzene ring substituents is 1. The Morgan fingerprint density at radius 3 is 2.57 bits per heavy atom. The zero-order valence-electron chi connectivity index (χ0n) is 10.7. The van der Waals surface area contributed by atoms with Crippen molar-refractivity contribution in [1.29, 1.82) is 0 Å². The van der Waals surface area contributed by atoms with E-state index in [1.165, 1.54) is 18.2 Å². The predicted molar refractivity (Wildman–Crippen MR) is 81.7 cm³/mol. The van der Waals surface area contributed by atoms with Crippen molar-refractivity contribution >= 4 is 34.6 Å². The number of hydrazine groups is 1. The Labute approximate surface area is 130 Å². The molecule has 0 saturated carbocycles. The molecule has 21 heavy (non-hydrogen) atoms. The van der Waals surface area contributed by atoms with Crippen molar-refractivity contribution in [1.82, 2.24) is 0 Å². The summed E-state index contributed by atoms with van der Waals surface area (Å²) in [6, 6.07) is 9.10. The van der Waals surface area contributed by atoms with Gasteiger partial charge in [0.2, 0.25) is 0 Å². The van der Waals surface area contributed by atoms with E-state index < -0.39 is 4.92 Å². The molecule has 0 unspecified atom stereocenters. The number of anilines is 1. The van der Waals surface area contributed by atoms with E-state index in [4.69, 9.17) is 33.8 Å². The smallest absolute Gasteiger partial charge is 0.269 e. The lowest BCUT2D eigenvalue weighted by atomic mass is 10.1. The van der Waals surface area contributed by atoms with E-state index >= 15 is 0 Å². The van der Waals surface area contributed by atoms with Gasteiger partial charge in [-0.05, 0) is 18.2 Å². The zero-order valence-corrected chi connectivity index (χ0v) is 12.2. The summed E-state index contributed by atoms with van der Waals surface area (Å²) >= 11 is 11.7. The molecule has 6 nitrogen and oxygen atoms in total. The van der Waals surface area contributed by atoms with Crippen molar-refractivity contribution in [2.75, 3.05) is 5.43 Å². The molecule has 3 N–H and O–H groups in total. The highest BCUT2D eigenvalue weighted by atomic mass is 35.5. The van der Waals surface area contributed by atoms with Gasteiger partial charge < -0.3 is 10.2 Å². The van der Waals surface area contributed by atoms with Gasteiger partial charge in [-0.2, -0.15) is 0 Å². The highest BCUT2D eigenvalue weighted by Gasteiger charge is 2.11. The molecular weight excluding hydrogens is 317 g/mol. The molecular formula is C13H11Cl2N3O3. The number of nitrogen functional groups attached to an aromatic ring is 1. The van der Waals surface area contributed by atoms with Gasteiger partial charge in [-0.15, -0.1) is 0 Å². The second kappa shape index (κ2) is 6.62. The normalized spacial score (nSPS) is 10.2. The van der Waals surface area contributed by atoms with Crippen LogP contribution in [-0.4, -0.2) is 4.92 Å².